The zero-order valence-electron chi connectivity index (χ0n) is 42.1. The number of rotatable bonds is 16. The fourth-order valence-corrected chi connectivity index (χ4v) is 13.1. The normalized spacial score (nSPS) is 20.7. The van der Waals surface area contributed by atoms with Gasteiger partial charge in [-0.1, -0.05) is 23.2 Å². The first kappa shape index (κ1) is 48.9. The number of aromatic amines is 2. The molecule has 0 bridgehead atoms. The van der Waals surface area contributed by atoms with Gasteiger partial charge in [-0.15, -0.1) is 0 Å². The van der Waals surface area contributed by atoms with Crippen molar-refractivity contribution >= 4 is 84.2 Å². The SMILES string of the molecule is O=C(C(CC1CCN(c2cc[nH]c3cnc4nccc4c23)CC1)N1CCCC(COc2ccc(Cl)cc2)C1)C(CC1CCN(c2cc[nH]c3cnc4nccc4c23)CC1)N1CCCC(COc2ccc(Cl)cc2)C1. The molecule has 4 aliphatic rings. The van der Waals surface area contributed by atoms with Gasteiger partial charge in [0.2, 0.25) is 0 Å². The van der Waals surface area contributed by atoms with E-state index in [4.69, 9.17) is 32.7 Å². The molecule has 10 heterocycles. The number of nitrogens with one attached hydrogen (secondary N) is 2. The molecule has 74 heavy (non-hydrogen) atoms. The molecule has 12 rings (SSSR count). The Morgan fingerprint density at radius 1 is 0.541 bits per heavy atom. The van der Waals surface area contributed by atoms with Gasteiger partial charge in [0.1, 0.15) is 11.5 Å². The molecule has 2 aromatic carbocycles. The van der Waals surface area contributed by atoms with Gasteiger partial charge < -0.3 is 29.2 Å². The summed E-state index contributed by atoms with van der Waals surface area (Å²) in [7, 11) is 0. The molecule has 4 fully saturated rings. The number of nitrogens with zero attached hydrogens (tertiary/aromatic N) is 8. The van der Waals surface area contributed by atoms with Crippen LogP contribution in [0.25, 0.3) is 43.9 Å². The number of hydrogen-bond acceptors (Lipinski definition) is 11. The number of benzene rings is 2. The van der Waals surface area contributed by atoms with E-state index < -0.39 is 0 Å². The summed E-state index contributed by atoms with van der Waals surface area (Å²) in [5.41, 5.74) is 6.04. The van der Waals surface area contributed by atoms with Gasteiger partial charge in [-0.25, -0.2) is 19.9 Å². The van der Waals surface area contributed by atoms with Crippen molar-refractivity contribution in [2.45, 2.75) is 76.3 Å². The molecule has 0 aliphatic carbocycles. The maximum atomic E-state index is 16.3. The molecular formula is C59H66Cl2N10O3. The van der Waals surface area contributed by atoms with Crippen LogP contribution in [0.1, 0.15) is 64.2 Å². The van der Waals surface area contributed by atoms with Crippen LogP contribution in [0.2, 0.25) is 10.0 Å². The molecule has 8 aromatic rings. The van der Waals surface area contributed by atoms with E-state index in [0.717, 1.165) is 161 Å². The van der Waals surface area contributed by atoms with Gasteiger partial charge in [-0.05, 0) is 162 Å². The molecule has 4 aliphatic heterocycles. The lowest BCUT2D eigenvalue weighted by Crippen LogP contribution is -2.57. The van der Waals surface area contributed by atoms with Crippen molar-refractivity contribution in [2.24, 2.45) is 23.7 Å². The van der Waals surface area contributed by atoms with E-state index in [1.807, 2.05) is 85.7 Å². The lowest BCUT2D eigenvalue weighted by atomic mass is 9.81. The van der Waals surface area contributed by atoms with E-state index in [0.29, 0.717) is 52.7 Å². The molecule has 15 heteroatoms. The zero-order valence-corrected chi connectivity index (χ0v) is 43.6. The van der Waals surface area contributed by atoms with Crippen molar-refractivity contribution in [3.63, 3.8) is 0 Å². The standard InChI is InChI=1S/C59H66Cl2N10O3/c60-43-5-9-45(10-6-43)73-37-41-3-1-25-70(35-41)53(31-39-17-27-68(28-18-39)51-15-23-62-49-33-66-58-47(55(49)51)13-21-64-58)57(72)54(71-26-2-4-42(36-71)38-74-46-11-7-44(61)8-12-46)32-40-19-29-69(30-20-40)52-16-24-63-50-34-67-59-48(56(50)52)14-22-65-59/h5-16,21-24,33-34,39-42,53-54,62-63H,1-4,17-20,25-32,35-38H2. The number of carbonyl (C=O) groups excluding carboxylic acids is 1. The fourth-order valence-electron chi connectivity index (χ4n) is 12.9. The Labute approximate surface area is 442 Å². The topological polar surface area (TPSA) is 132 Å². The van der Waals surface area contributed by atoms with Crippen LogP contribution in [0.4, 0.5) is 11.4 Å². The molecule has 13 nitrogen and oxygen atoms in total. The maximum absolute atomic E-state index is 16.3. The van der Waals surface area contributed by atoms with Crippen molar-refractivity contribution in [1.82, 2.24) is 39.7 Å². The lowest BCUT2D eigenvalue weighted by molar-refractivity contribution is -0.133. The molecule has 4 unspecified atom stereocenters. The predicted molar refractivity (Wildman–Crippen MR) is 297 cm³/mol. The minimum absolute atomic E-state index is 0.185. The summed E-state index contributed by atoms with van der Waals surface area (Å²) in [6.07, 6.45) is 21.7. The van der Waals surface area contributed by atoms with Crippen molar-refractivity contribution in [3.05, 3.63) is 120 Å². The number of hydrogen-bond donors (Lipinski definition) is 2. The Kier molecular flexibility index (Phi) is 14.6. The van der Waals surface area contributed by atoms with Gasteiger partial charge in [0.25, 0.3) is 0 Å². The third-order valence-electron chi connectivity index (χ3n) is 16.8. The Balaban J connectivity index is 0.810. The summed E-state index contributed by atoms with van der Waals surface area (Å²) >= 11 is 12.5. The molecule has 6 aromatic heterocycles. The number of carbonyl (C=O) groups is 1. The van der Waals surface area contributed by atoms with E-state index in [9.17, 15) is 0 Å². The minimum Gasteiger partial charge on any atom is -0.493 e. The Morgan fingerprint density at radius 3 is 1.41 bits per heavy atom. The van der Waals surface area contributed by atoms with Crippen molar-refractivity contribution in [1.29, 1.82) is 0 Å². The second kappa shape index (κ2) is 22.1. The number of likely N-dealkylation sites (tertiary alicyclic amines) is 2. The van der Waals surface area contributed by atoms with Crippen LogP contribution >= 0.6 is 23.2 Å². The van der Waals surface area contributed by atoms with E-state index in [1.54, 1.807) is 0 Å². The van der Waals surface area contributed by atoms with Crippen molar-refractivity contribution < 1.29 is 14.3 Å². The number of piperidine rings is 4. The first-order chi connectivity index (χ1) is 36.4. The average molecular weight is 1030 g/mol. The zero-order chi connectivity index (χ0) is 50.0. The minimum atomic E-state index is -0.185. The van der Waals surface area contributed by atoms with Gasteiger partial charge in [-0.2, -0.15) is 0 Å². The quantitative estimate of drug-likeness (QED) is 0.0959. The number of halogens is 2. The Morgan fingerprint density at radius 2 is 0.973 bits per heavy atom. The highest BCUT2D eigenvalue weighted by Crippen LogP contribution is 2.39. The van der Waals surface area contributed by atoms with Crippen LogP contribution in [-0.2, 0) is 4.79 Å². The summed E-state index contributed by atoms with van der Waals surface area (Å²) in [6, 6.07) is 23.6. The van der Waals surface area contributed by atoms with Crippen molar-refractivity contribution in [3.8, 4) is 11.5 Å². The Bertz CT molecular complexity index is 2980. The van der Waals surface area contributed by atoms with E-state index >= 15 is 4.79 Å². The number of pyridine rings is 4. The third-order valence-corrected chi connectivity index (χ3v) is 17.3. The Hall–Kier alpha value is -5.99. The molecule has 0 saturated carbocycles. The van der Waals surface area contributed by atoms with Crippen LogP contribution in [0.5, 0.6) is 11.5 Å². The van der Waals surface area contributed by atoms with Gasteiger partial charge in [-0.3, -0.25) is 14.6 Å². The van der Waals surface area contributed by atoms with Gasteiger partial charge in [0, 0.05) is 119 Å². The van der Waals surface area contributed by atoms with Crippen LogP contribution in [0, 0.1) is 23.7 Å². The number of fused-ring (bicyclic) bond motifs is 6. The summed E-state index contributed by atoms with van der Waals surface area (Å²) in [4.78, 5) is 51.7. The highest BCUT2D eigenvalue weighted by atomic mass is 35.5. The lowest BCUT2D eigenvalue weighted by Gasteiger charge is -2.45. The number of H-pyrrole nitrogens is 2. The van der Waals surface area contributed by atoms with Crippen LogP contribution in [-0.4, -0.2) is 123 Å². The number of ether oxygens (including phenoxy) is 2. The highest BCUT2D eigenvalue weighted by molar-refractivity contribution is 6.30. The summed E-state index contributed by atoms with van der Waals surface area (Å²) in [6.45, 7) is 8.50. The second-order valence-corrected chi connectivity index (χ2v) is 22.4. The largest absolute Gasteiger partial charge is 0.493 e. The molecule has 384 valence electrons. The number of Topliss-reactive ketones (excluding diaryl/α,β-unsaturated/α-hetero) is 1. The first-order valence-corrected chi connectivity index (χ1v) is 27.8. The number of ketones is 1. The summed E-state index contributed by atoms with van der Waals surface area (Å²) in [5, 5.41) is 5.92. The summed E-state index contributed by atoms with van der Waals surface area (Å²) in [5.74, 6) is 3.54. The molecule has 4 atom stereocenters. The maximum Gasteiger partial charge on any atom is 0.167 e. The van der Waals surface area contributed by atoms with Gasteiger partial charge in [0.15, 0.2) is 17.1 Å². The van der Waals surface area contributed by atoms with Crippen LogP contribution in [0.15, 0.2) is 110 Å². The van der Waals surface area contributed by atoms with Crippen LogP contribution in [0.3, 0.4) is 0 Å². The molecule has 0 radical (unpaired) electrons. The van der Waals surface area contributed by atoms with E-state index in [-0.39, 0.29) is 12.1 Å². The monoisotopic (exact) mass is 1030 g/mol. The van der Waals surface area contributed by atoms with Crippen molar-refractivity contribution in [2.75, 3.05) is 75.4 Å². The second-order valence-electron chi connectivity index (χ2n) is 21.5. The predicted octanol–water partition coefficient (Wildman–Crippen LogP) is 11.6. The first-order valence-electron chi connectivity index (χ1n) is 27.1. The van der Waals surface area contributed by atoms with Crippen LogP contribution < -0.4 is 19.3 Å². The van der Waals surface area contributed by atoms with E-state index in [1.165, 1.54) is 22.1 Å². The average Bonchev–Trinajstić information content (AvgIpc) is 4.15. The molecule has 0 amide bonds. The third kappa shape index (κ3) is 10.6. The molecule has 4 saturated heterocycles. The molecular weight excluding hydrogens is 968 g/mol. The van der Waals surface area contributed by atoms with Gasteiger partial charge >= 0.3 is 0 Å². The van der Waals surface area contributed by atoms with E-state index in [2.05, 4.69) is 73.8 Å². The molecule has 0 spiro atoms. The highest BCUT2D eigenvalue weighted by Gasteiger charge is 2.41. The number of anilines is 2. The summed E-state index contributed by atoms with van der Waals surface area (Å²) < 4.78 is 12.8. The smallest absolute Gasteiger partial charge is 0.167 e. The fraction of sp³-hybridized carbons (Fsp3) is 0.441. The number of aromatic nitrogens is 6. The van der Waals surface area contributed by atoms with Gasteiger partial charge in [0.05, 0.1) is 48.7 Å². The molecule has 2 N–H and O–H groups in total.